The van der Waals surface area contributed by atoms with E-state index in [2.05, 4.69) is 35.3 Å². The number of ether oxygens (including phenoxy) is 2. The molecule has 1 aliphatic carbocycles. The predicted molar refractivity (Wildman–Crippen MR) is 88.4 cm³/mol. The standard InChI is InChI=1S/C17H18N2O2S/c18-16-19-15(11-22-16)14-3-1-2-13(10-14)12-4-6-17(7-5-12)20-8-9-21-17/h1-4,10-11H,5-9H2,(H2,18,19). The lowest BCUT2D eigenvalue weighted by Crippen LogP contribution is -2.31. The minimum atomic E-state index is -0.357. The van der Waals surface area contributed by atoms with Crippen molar-refractivity contribution in [2.24, 2.45) is 0 Å². The molecule has 1 saturated heterocycles. The van der Waals surface area contributed by atoms with Crippen molar-refractivity contribution in [2.75, 3.05) is 18.9 Å². The van der Waals surface area contributed by atoms with Gasteiger partial charge >= 0.3 is 0 Å². The normalized spacial score (nSPS) is 20.3. The molecule has 2 heterocycles. The Labute approximate surface area is 133 Å². The number of nitrogens with two attached hydrogens (primary N) is 1. The van der Waals surface area contributed by atoms with Crippen LogP contribution in [0.5, 0.6) is 0 Å². The second kappa shape index (κ2) is 5.50. The van der Waals surface area contributed by atoms with Crippen molar-refractivity contribution >= 4 is 22.0 Å². The van der Waals surface area contributed by atoms with Crippen LogP contribution in [0.1, 0.15) is 24.8 Å². The molecule has 1 fully saturated rings. The molecular formula is C17H18N2O2S. The van der Waals surface area contributed by atoms with Gasteiger partial charge < -0.3 is 15.2 Å². The number of anilines is 1. The molecule has 2 aromatic rings. The molecule has 1 aliphatic heterocycles. The Hall–Kier alpha value is -1.69. The molecule has 1 aromatic heterocycles. The van der Waals surface area contributed by atoms with E-state index in [1.807, 2.05) is 5.38 Å². The Kier molecular flexibility index (Phi) is 3.48. The van der Waals surface area contributed by atoms with Gasteiger partial charge in [-0.1, -0.05) is 24.3 Å². The van der Waals surface area contributed by atoms with Gasteiger partial charge in [0.25, 0.3) is 0 Å². The van der Waals surface area contributed by atoms with E-state index in [-0.39, 0.29) is 5.79 Å². The average Bonchev–Trinajstić information content (AvgIpc) is 3.18. The maximum absolute atomic E-state index is 5.77. The van der Waals surface area contributed by atoms with Crippen LogP contribution in [-0.4, -0.2) is 24.0 Å². The molecule has 0 unspecified atom stereocenters. The summed E-state index contributed by atoms with van der Waals surface area (Å²) < 4.78 is 11.5. The molecule has 2 N–H and O–H groups in total. The van der Waals surface area contributed by atoms with E-state index in [9.17, 15) is 0 Å². The lowest BCUT2D eigenvalue weighted by atomic mass is 9.89. The van der Waals surface area contributed by atoms with Gasteiger partial charge in [0, 0.05) is 23.8 Å². The van der Waals surface area contributed by atoms with E-state index in [0.717, 1.165) is 30.5 Å². The zero-order valence-electron chi connectivity index (χ0n) is 12.2. The molecule has 0 amide bonds. The number of nitrogen functional groups attached to an aromatic ring is 1. The molecule has 0 saturated carbocycles. The number of aromatic nitrogens is 1. The van der Waals surface area contributed by atoms with Crippen LogP contribution in [0.3, 0.4) is 0 Å². The molecule has 22 heavy (non-hydrogen) atoms. The monoisotopic (exact) mass is 314 g/mol. The van der Waals surface area contributed by atoms with Gasteiger partial charge in [0.05, 0.1) is 18.9 Å². The smallest absolute Gasteiger partial charge is 0.180 e. The highest BCUT2D eigenvalue weighted by molar-refractivity contribution is 7.13. The van der Waals surface area contributed by atoms with Crippen LogP contribution < -0.4 is 5.73 Å². The van der Waals surface area contributed by atoms with Gasteiger partial charge in [-0.15, -0.1) is 11.3 Å². The predicted octanol–water partition coefficient (Wildman–Crippen LogP) is 3.70. The number of allylic oxidation sites excluding steroid dienone is 1. The number of hydrogen-bond donors (Lipinski definition) is 1. The summed E-state index contributed by atoms with van der Waals surface area (Å²) in [5.41, 5.74) is 10.4. The fourth-order valence-electron chi connectivity index (χ4n) is 3.13. The molecule has 1 spiro atoms. The quantitative estimate of drug-likeness (QED) is 0.918. The second-order valence-corrected chi connectivity index (χ2v) is 6.58. The van der Waals surface area contributed by atoms with Gasteiger partial charge in [0.15, 0.2) is 10.9 Å². The molecular weight excluding hydrogens is 296 g/mol. The summed E-state index contributed by atoms with van der Waals surface area (Å²) in [5, 5.41) is 2.61. The SMILES string of the molecule is Nc1nc(-c2cccc(C3=CCC4(CC3)OCCO4)c2)cs1. The molecule has 4 rings (SSSR count). The van der Waals surface area contributed by atoms with Crippen molar-refractivity contribution < 1.29 is 9.47 Å². The van der Waals surface area contributed by atoms with Gasteiger partial charge in [-0.3, -0.25) is 0 Å². The fourth-order valence-corrected chi connectivity index (χ4v) is 3.70. The van der Waals surface area contributed by atoms with E-state index in [0.29, 0.717) is 18.3 Å². The van der Waals surface area contributed by atoms with Crippen LogP contribution in [0.4, 0.5) is 5.13 Å². The number of benzene rings is 1. The average molecular weight is 314 g/mol. The summed E-state index contributed by atoms with van der Waals surface area (Å²) in [6.45, 7) is 1.42. The van der Waals surface area contributed by atoms with Gasteiger partial charge in [-0.25, -0.2) is 4.98 Å². The Morgan fingerprint density at radius 3 is 2.68 bits per heavy atom. The highest BCUT2D eigenvalue weighted by atomic mass is 32.1. The fraction of sp³-hybridized carbons (Fsp3) is 0.353. The largest absolute Gasteiger partial charge is 0.375 e. The summed E-state index contributed by atoms with van der Waals surface area (Å²) in [7, 11) is 0. The van der Waals surface area contributed by atoms with E-state index in [1.165, 1.54) is 22.5 Å². The summed E-state index contributed by atoms with van der Waals surface area (Å²) in [4.78, 5) is 4.36. The molecule has 0 radical (unpaired) electrons. The van der Waals surface area contributed by atoms with Gasteiger partial charge in [0.1, 0.15) is 0 Å². The number of nitrogens with zero attached hydrogens (tertiary/aromatic N) is 1. The van der Waals surface area contributed by atoms with Crippen molar-refractivity contribution in [2.45, 2.75) is 25.0 Å². The third-order valence-corrected chi connectivity index (χ3v) is 4.97. The van der Waals surface area contributed by atoms with Crippen LogP contribution >= 0.6 is 11.3 Å². The van der Waals surface area contributed by atoms with E-state index in [1.54, 1.807) is 0 Å². The lowest BCUT2D eigenvalue weighted by molar-refractivity contribution is -0.159. The molecule has 0 bridgehead atoms. The summed E-state index contributed by atoms with van der Waals surface area (Å²) in [6, 6.07) is 8.49. The maximum atomic E-state index is 5.77. The van der Waals surface area contributed by atoms with E-state index < -0.39 is 0 Å². The minimum Gasteiger partial charge on any atom is -0.375 e. The molecule has 0 atom stereocenters. The third kappa shape index (κ3) is 2.56. The molecule has 5 heteroatoms. The third-order valence-electron chi connectivity index (χ3n) is 4.30. The Morgan fingerprint density at radius 2 is 2.00 bits per heavy atom. The zero-order chi connectivity index (χ0) is 15.0. The minimum absolute atomic E-state index is 0.357. The second-order valence-electron chi connectivity index (χ2n) is 5.69. The van der Waals surface area contributed by atoms with Crippen LogP contribution in [0, 0.1) is 0 Å². The van der Waals surface area contributed by atoms with E-state index in [4.69, 9.17) is 15.2 Å². The maximum Gasteiger partial charge on any atom is 0.180 e. The Bertz CT molecular complexity index is 717. The van der Waals surface area contributed by atoms with E-state index >= 15 is 0 Å². The molecule has 4 nitrogen and oxygen atoms in total. The first kappa shape index (κ1) is 13.9. The van der Waals surface area contributed by atoms with Crippen molar-refractivity contribution in [1.29, 1.82) is 0 Å². The summed E-state index contributed by atoms with van der Waals surface area (Å²) in [5.74, 6) is -0.357. The first-order chi connectivity index (χ1) is 10.7. The summed E-state index contributed by atoms with van der Waals surface area (Å²) in [6.07, 6.45) is 4.98. The topological polar surface area (TPSA) is 57.4 Å². The zero-order valence-corrected chi connectivity index (χ0v) is 13.1. The first-order valence-corrected chi connectivity index (χ1v) is 8.41. The Morgan fingerprint density at radius 1 is 1.18 bits per heavy atom. The molecule has 2 aliphatic rings. The molecule has 114 valence electrons. The first-order valence-electron chi connectivity index (χ1n) is 7.53. The summed E-state index contributed by atoms with van der Waals surface area (Å²) >= 11 is 1.47. The van der Waals surface area contributed by atoms with Gasteiger partial charge in [-0.05, 0) is 23.6 Å². The number of rotatable bonds is 2. The van der Waals surface area contributed by atoms with Crippen LogP contribution in [0.2, 0.25) is 0 Å². The number of thiazole rings is 1. The van der Waals surface area contributed by atoms with Crippen molar-refractivity contribution in [1.82, 2.24) is 4.98 Å². The molecule has 1 aromatic carbocycles. The highest BCUT2D eigenvalue weighted by Gasteiger charge is 2.37. The van der Waals surface area contributed by atoms with Gasteiger partial charge in [-0.2, -0.15) is 0 Å². The van der Waals surface area contributed by atoms with Crippen LogP contribution in [-0.2, 0) is 9.47 Å². The Balaban J connectivity index is 1.59. The van der Waals surface area contributed by atoms with Crippen molar-refractivity contribution in [3.05, 3.63) is 41.3 Å². The highest BCUT2D eigenvalue weighted by Crippen LogP contribution is 2.38. The van der Waals surface area contributed by atoms with Crippen LogP contribution in [0.15, 0.2) is 35.7 Å². The van der Waals surface area contributed by atoms with Crippen molar-refractivity contribution in [3.8, 4) is 11.3 Å². The number of hydrogen-bond acceptors (Lipinski definition) is 5. The lowest BCUT2D eigenvalue weighted by Gasteiger charge is -2.30. The van der Waals surface area contributed by atoms with Crippen molar-refractivity contribution in [3.63, 3.8) is 0 Å². The van der Waals surface area contributed by atoms with Crippen LogP contribution in [0.25, 0.3) is 16.8 Å². The van der Waals surface area contributed by atoms with Gasteiger partial charge in [0.2, 0.25) is 0 Å².